The fourth-order valence-electron chi connectivity index (χ4n) is 2.85. The van der Waals surface area contributed by atoms with Crippen molar-refractivity contribution in [3.8, 4) is 0 Å². The van der Waals surface area contributed by atoms with Crippen molar-refractivity contribution in [1.82, 2.24) is 10.6 Å². The van der Waals surface area contributed by atoms with Crippen LogP contribution in [0.4, 0.5) is 4.79 Å². The lowest BCUT2D eigenvalue weighted by atomic mass is 9.79. The minimum absolute atomic E-state index is 0.199. The Labute approximate surface area is 124 Å². The van der Waals surface area contributed by atoms with Gasteiger partial charge in [0.25, 0.3) is 0 Å². The van der Waals surface area contributed by atoms with Crippen LogP contribution in [-0.2, 0) is 14.3 Å². The Morgan fingerprint density at radius 2 is 2.24 bits per heavy atom. The maximum absolute atomic E-state index is 12.3. The van der Waals surface area contributed by atoms with Crippen molar-refractivity contribution in [1.29, 1.82) is 0 Å². The van der Waals surface area contributed by atoms with Crippen LogP contribution in [-0.4, -0.2) is 38.4 Å². The molecule has 2 aliphatic rings. The van der Waals surface area contributed by atoms with E-state index < -0.39 is 5.92 Å². The first-order valence-electron chi connectivity index (χ1n) is 7.20. The number of nitrogens with one attached hydrogen (secondary N) is 2. The highest BCUT2D eigenvalue weighted by Gasteiger charge is 2.41. The van der Waals surface area contributed by atoms with Gasteiger partial charge in [0.05, 0.1) is 12.6 Å². The fraction of sp³-hybridized carbons (Fsp3) is 0.600. The predicted molar refractivity (Wildman–Crippen MR) is 77.4 cm³/mol. The molecular formula is C15H22N2O4. The zero-order chi connectivity index (χ0) is 15.2. The molecule has 0 unspecified atom stereocenters. The van der Waals surface area contributed by atoms with Crippen LogP contribution in [0.1, 0.15) is 19.3 Å². The summed E-state index contributed by atoms with van der Waals surface area (Å²) in [6.07, 6.45) is 6.97. The molecule has 2 amide bonds. The SMILES string of the molecule is C=C1NC(=O)N[C@@H]([C@H]2CC=CCC2)[C@@H]1C(=O)OCCOC. The molecular weight excluding hydrogens is 272 g/mol. The third-order valence-electron chi connectivity index (χ3n) is 3.91. The van der Waals surface area contributed by atoms with Crippen molar-refractivity contribution in [2.45, 2.75) is 25.3 Å². The summed E-state index contributed by atoms with van der Waals surface area (Å²) in [5, 5.41) is 5.44. The first kappa shape index (κ1) is 15.6. The molecule has 0 radical (unpaired) electrons. The van der Waals surface area contributed by atoms with Gasteiger partial charge < -0.3 is 20.1 Å². The number of esters is 1. The fourth-order valence-corrected chi connectivity index (χ4v) is 2.85. The second-order valence-corrected chi connectivity index (χ2v) is 5.33. The smallest absolute Gasteiger partial charge is 0.319 e. The van der Waals surface area contributed by atoms with Crippen molar-refractivity contribution in [2.75, 3.05) is 20.3 Å². The molecule has 0 aromatic heterocycles. The molecule has 0 aromatic rings. The number of hydrogen-bond acceptors (Lipinski definition) is 4. The normalized spacial score (nSPS) is 28.7. The number of ether oxygens (including phenoxy) is 2. The van der Waals surface area contributed by atoms with Gasteiger partial charge in [-0.1, -0.05) is 18.7 Å². The molecule has 0 spiro atoms. The van der Waals surface area contributed by atoms with Gasteiger partial charge in [0.15, 0.2) is 0 Å². The first-order chi connectivity index (χ1) is 10.1. The second-order valence-electron chi connectivity index (χ2n) is 5.33. The summed E-state index contributed by atoms with van der Waals surface area (Å²) in [6, 6.07) is -0.577. The van der Waals surface area contributed by atoms with Gasteiger partial charge >= 0.3 is 12.0 Å². The largest absolute Gasteiger partial charge is 0.463 e. The van der Waals surface area contributed by atoms with Crippen LogP contribution < -0.4 is 10.6 Å². The molecule has 2 N–H and O–H groups in total. The van der Waals surface area contributed by atoms with Crippen LogP contribution >= 0.6 is 0 Å². The van der Waals surface area contributed by atoms with Gasteiger partial charge in [-0.05, 0) is 25.2 Å². The Morgan fingerprint density at radius 1 is 1.43 bits per heavy atom. The number of carbonyl (C=O) groups excluding carboxylic acids is 2. The molecule has 2 rings (SSSR count). The monoisotopic (exact) mass is 294 g/mol. The molecule has 1 aliphatic heterocycles. The van der Waals surface area contributed by atoms with Gasteiger partial charge in [-0.2, -0.15) is 0 Å². The van der Waals surface area contributed by atoms with Crippen LogP contribution in [0, 0.1) is 11.8 Å². The zero-order valence-corrected chi connectivity index (χ0v) is 12.3. The van der Waals surface area contributed by atoms with Gasteiger partial charge in [0.1, 0.15) is 12.5 Å². The maximum Gasteiger partial charge on any atom is 0.319 e. The second kappa shape index (κ2) is 7.26. The molecule has 1 fully saturated rings. The number of methoxy groups -OCH3 is 1. The molecule has 1 heterocycles. The van der Waals surface area contributed by atoms with Gasteiger partial charge in [0.2, 0.25) is 0 Å². The number of amides is 2. The van der Waals surface area contributed by atoms with Gasteiger partial charge in [0, 0.05) is 12.8 Å². The van der Waals surface area contributed by atoms with Crippen molar-refractivity contribution in [2.24, 2.45) is 11.8 Å². The molecule has 0 bridgehead atoms. The number of allylic oxidation sites excluding steroid dienone is 2. The van der Waals surface area contributed by atoms with E-state index >= 15 is 0 Å². The number of rotatable bonds is 5. The molecule has 0 aromatic carbocycles. The molecule has 0 saturated carbocycles. The van der Waals surface area contributed by atoms with Crippen LogP contribution in [0.2, 0.25) is 0 Å². The first-order valence-corrected chi connectivity index (χ1v) is 7.20. The molecule has 116 valence electrons. The minimum atomic E-state index is -0.559. The van der Waals surface area contributed by atoms with Gasteiger partial charge in [-0.3, -0.25) is 4.79 Å². The Kier molecular flexibility index (Phi) is 5.38. The van der Waals surface area contributed by atoms with Gasteiger partial charge in [-0.15, -0.1) is 0 Å². The molecule has 3 atom stereocenters. The highest BCUT2D eigenvalue weighted by atomic mass is 16.6. The Hall–Kier alpha value is -1.82. The van der Waals surface area contributed by atoms with Crippen molar-refractivity contribution < 1.29 is 19.1 Å². The summed E-state index contributed by atoms with van der Waals surface area (Å²) in [5.41, 5.74) is 0.403. The van der Waals surface area contributed by atoms with E-state index in [4.69, 9.17) is 9.47 Å². The lowest BCUT2D eigenvalue weighted by Crippen LogP contribution is -2.58. The summed E-state index contributed by atoms with van der Waals surface area (Å²) >= 11 is 0. The van der Waals surface area contributed by atoms with E-state index in [1.807, 2.05) is 0 Å². The minimum Gasteiger partial charge on any atom is -0.463 e. The van der Waals surface area contributed by atoms with Crippen molar-refractivity contribution in [3.05, 3.63) is 24.4 Å². The van der Waals surface area contributed by atoms with Crippen LogP contribution in [0.25, 0.3) is 0 Å². The Morgan fingerprint density at radius 3 is 2.90 bits per heavy atom. The summed E-state index contributed by atoms with van der Waals surface area (Å²) in [7, 11) is 1.55. The molecule has 6 nitrogen and oxygen atoms in total. The predicted octanol–water partition coefficient (Wildman–Crippen LogP) is 1.34. The molecule has 1 saturated heterocycles. The number of urea groups is 1. The van der Waals surface area contributed by atoms with E-state index in [9.17, 15) is 9.59 Å². The summed E-state index contributed by atoms with van der Waals surface area (Å²) in [4.78, 5) is 24.0. The Balaban J connectivity index is 2.08. The average molecular weight is 294 g/mol. The average Bonchev–Trinajstić information content (AvgIpc) is 2.47. The van der Waals surface area contributed by atoms with E-state index in [-0.39, 0.29) is 30.6 Å². The van der Waals surface area contributed by atoms with Gasteiger partial charge in [-0.25, -0.2) is 4.79 Å². The Bertz CT molecular complexity index is 447. The van der Waals surface area contributed by atoms with Crippen molar-refractivity contribution in [3.63, 3.8) is 0 Å². The standard InChI is InChI=1S/C15H22N2O4/c1-10-12(14(18)21-9-8-20-2)13(17-15(19)16-10)11-6-4-3-5-7-11/h3-4,11-13H,1,5-9H2,2H3,(H2,16,17,19)/t11-,12+,13-/m0/s1. The molecule has 6 heteroatoms. The molecule has 21 heavy (non-hydrogen) atoms. The topological polar surface area (TPSA) is 76.7 Å². The van der Waals surface area contributed by atoms with E-state index in [1.165, 1.54) is 0 Å². The lowest BCUT2D eigenvalue weighted by molar-refractivity contribution is -0.150. The van der Waals surface area contributed by atoms with E-state index in [0.717, 1.165) is 19.3 Å². The summed E-state index contributed by atoms with van der Waals surface area (Å²) < 4.78 is 10.1. The number of hydrogen-bond donors (Lipinski definition) is 2. The lowest BCUT2D eigenvalue weighted by Gasteiger charge is -2.38. The highest BCUT2D eigenvalue weighted by Crippen LogP contribution is 2.30. The van der Waals surface area contributed by atoms with E-state index in [0.29, 0.717) is 12.3 Å². The number of carbonyl (C=O) groups is 2. The highest BCUT2D eigenvalue weighted by molar-refractivity contribution is 5.85. The molecule has 1 aliphatic carbocycles. The third kappa shape index (κ3) is 3.85. The van der Waals surface area contributed by atoms with Crippen LogP contribution in [0.5, 0.6) is 0 Å². The zero-order valence-electron chi connectivity index (χ0n) is 12.3. The summed E-state index contributed by atoms with van der Waals surface area (Å²) in [5.74, 6) is -0.710. The van der Waals surface area contributed by atoms with Crippen molar-refractivity contribution >= 4 is 12.0 Å². The van der Waals surface area contributed by atoms with E-state index in [2.05, 4.69) is 29.4 Å². The maximum atomic E-state index is 12.3. The van der Waals surface area contributed by atoms with Crippen LogP contribution in [0.3, 0.4) is 0 Å². The third-order valence-corrected chi connectivity index (χ3v) is 3.91. The quantitative estimate of drug-likeness (QED) is 0.456. The summed E-state index contributed by atoms with van der Waals surface area (Å²) in [6.45, 7) is 4.37. The van der Waals surface area contributed by atoms with E-state index in [1.54, 1.807) is 7.11 Å². The van der Waals surface area contributed by atoms with Crippen LogP contribution in [0.15, 0.2) is 24.4 Å².